The standard InChI is InChI=1S/C12H21N3O2/c1-8(16-3)7-10-14-11(17-15-10)12(2)6-4-5-9(12)13/h8-9H,4-7,13H2,1-3H3. The summed E-state index contributed by atoms with van der Waals surface area (Å²) >= 11 is 0. The molecule has 1 saturated carbocycles. The van der Waals surface area contributed by atoms with E-state index in [-0.39, 0.29) is 17.6 Å². The van der Waals surface area contributed by atoms with Gasteiger partial charge in [-0.05, 0) is 26.7 Å². The van der Waals surface area contributed by atoms with E-state index < -0.39 is 0 Å². The lowest BCUT2D eigenvalue weighted by molar-refractivity contribution is 0.116. The van der Waals surface area contributed by atoms with E-state index in [2.05, 4.69) is 17.1 Å². The van der Waals surface area contributed by atoms with Gasteiger partial charge in [-0.3, -0.25) is 0 Å². The highest BCUT2D eigenvalue weighted by Crippen LogP contribution is 2.38. The fourth-order valence-corrected chi connectivity index (χ4v) is 2.37. The van der Waals surface area contributed by atoms with E-state index in [0.717, 1.165) is 19.3 Å². The summed E-state index contributed by atoms with van der Waals surface area (Å²) in [7, 11) is 1.68. The van der Waals surface area contributed by atoms with Gasteiger partial charge in [0, 0.05) is 19.6 Å². The minimum Gasteiger partial charge on any atom is -0.381 e. The molecule has 0 amide bonds. The monoisotopic (exact) mass is 239 g/mol. The summed E-state index contributed by atoms with van der Waals surface area (Å²) in [5.74, 6) is 1.38. The molecule has 1 heterocycles. The van der Waals surface area contributed by atoms with Crippen molar-refractivity contribution in [2.24, 2.45) is 5.73 Å². The van der Waals surface area contributed by atoms with Crippen LogP contribution in [0.2, 0.25) is 0 Å². The van der Waals surface area contributed by atoms with Crippen LogP contribution < -0.4 is 5.73 Å². The summed E-state index contributed by atoms with van der Waals surface area (Å²) in [6.07, 6.45) is 3.96. The third-order valence-corrected chi connectivity index (χ3v) is 3.86. The molecule has 0 bridgehead atoms. The average Bonchev–Trinajstić information content (AvgIpc) is 2.88. The first-order chi connectivity index (χ1) is 8.06. The zero-order valence-corrected chi connectivity index (χ0v) is 10.8. The molecular formula is C12H21N3O2. The largest absolute Gasteiger partial charge is 0.381 e. The number of hydrogen-bond donors (Lipinski definition) is 1. The van der Waals surface area contributed by atoms with Crippen LogP contribution in [0.1, 0.15) is 44.8 Å². The van der Waals surface area contributed by atoms with Crippen LogP contribution in [0.3, 0.4) is 0 Å². The third-order valence-electron chi connectivity index (χ3n) is 3.86. The molecule has 0 aliphatic heterocycles. The number of aromatic nitrogens is 2. The summed E-state index contributed by atoms with van der Waals surface area (Å²) in [6, 6.07) is 0.121. The second-order valence-electron chi connectivity index (χ2n) is 5.18. The van der Waals surface area contributed by atoms with E-state index in [4.69, 9.17) is 15.0 Å². The molecule has 1 aromatic rings. The minimum absolute atomic E-state index is 0.102. The van der Waals surface area contributed by atoms with Gasteiger partial charge in [-0.1, -0.05) is 11.6 Å². The second-order valence-corrected chi connectivity index (χ2v) is 5.18. The predicted octanol–water partition coefficient (Wildman–Crippen LogP) is 1.42. The summed E-state index contributed by atoms with van der Waals surface area (Å²) in [5, 5.41) is 4.01. The molecule has 3 unspecified atom stereocenters. The minimum atomic E-state index is -0.151. The van der Waals surface area contributed by atoms with Crippen molar-refractivity contribution in [2.45, 2.75) is 57.1 Å². The lowest BCUT2D eigenvalue weighted by Gasteiger charge is -2.23. The van der Waals surface area contributed by atoms with Gasteiger partial charge in [0.25, 0.3) is 0 Å². The fourth-order valence-electron chi connectivity index (χ4n) is 2.37. The molecule has 0 aromatic carbocycles. The molecule has 0 spiro atoms. The molecule has 5 nitrogen and oxygen atoms in total. The molecule has 1 aliphatic carbocycles. The Morgan fingerprint density at radius 3 is 3.00 bits per heavy atom. The molecule has 1 aliphatic rings. The van der Waals surface area contributed by atoms with Crippen LogP contribution in [0.15, 0.2) is 4.52 Å². The summed E-state index contributed by atoms with van der Waals surface area (Å²) in [5.41, 5.74) is 5.98. The summed E-state index contributed by atoms with van der Waals surface area (Å²) < 4.78 is 10.6. The predicted molar refractivity (Wildman–Crippen MR) is 63.7 cm³/mol. The SMILES string of the molecule is COC(C)Cc1noc(C2(C)CCCC2N)n1. The fraction of sp³-hybridized carbons (Fsp3) is 0.833. The van der Waals surface area contributed by atoms with Crippen LogP contribution >= 0.6 is 0 Å². The van der Waals surface area contributed by atoms with E-state index in [1.165, 1.54) is 0 Å². The van der Waals surface area contributed by atoms with Gasteiger partial charge in [0.1, 0.15) is 0 Å². The van der Waals surface area contributed by atoms with Crippen LogP contribution in [-0.2, 0) is 16.6 Å². The number of hydrogen-bond acceptors (Lipinski definition) is 5. The zero-order valence-electron chi connectivity index (χ0n) is 10.8. The maximum atomic E-state index is 6.13. The van der Waals surface area contributed by atoms with Crippen LogP contribution in [0, 0.1) is 0 Å². The Labute approximate surface area is 102 Å². The number of nitrogens with two attached hydrogens (primary N) is 1. The first-order valence-electron chi connectivity index (χ1n) is 6.17. The van der Waals surface area contributed by atoms with Crippen molar-refractivity contribution < 1.29 is 9.26 Å². The molecule has 5 heteroatoms. The Morgan fingerprint density at radius 2 is 2.41 bits per heavy atom. The summed E-state index contributed by atoms with van der Waals surface area (Å²) in [6.45, 7) is 4.10. The van der Waals surface area contributed by atoms with Crippen molar-refractivity contribution in [1.29, 1.82) is 0 Å². The summed E-state index contributed by atoms with van der Waals surface area (Å²) in [4.78, 5) is 4.46. The van der Waals surface area contributed by atoms with Gasteiger partial charge in [0.05, 0.1) is 11.5 Å². The number of nitrogens with zero attached hydrogens (tertiary/aromatic N) is 2. The zero-order chi connectivity index (χ0) is 12.5. The number of methoxy groups -OCH3 is 1. The Morgan fingerprint density at radius 1 is 1.65 bits per heavy atom. The lowest BCUT2D eigenvalue weighted by Crippen LogP contribution is -2.38. The van der Waals surface area contributed by atoms with Crippen molar-refractivity contribution in [3.05, 3.63) is 11.7 Å². The maximum Gasteiger partial charge on any atom is 0.234 e. The van der Waals surface area contributed by atoms with Crippen LogP contribution in [-0.4, -0.2) is 29.4 Å². The molecule has 1 fully saturated rings. The topological polar surface area (TPSA) is 74.2 Å². The van der Waals surface area contributed by atoms with E-state index in [9.17, 15) is 0 Å². The van der Waals surface area contributed by atoms with Gasteiger partial charge in [0.2, 0.25) is 5.89 Å². The molecule has 0 radical (unpaired) electrons. The van der Waals surface area contributed by atoms with E-state index in [1.807, 2.05) is 6.92 Å². The molecule has 3 atom stereocenters. The number of ether oxygens (including phenoxy) is 1. The van der Waals surface area contributed by atoms with Crippen molar-refractivity contribution >= 4 is 0 Å². The van der Waals surface area contributed by atoms with E-state index in [1.54, 1.807) is 7.11 Å². The van der Waals surface area contributed by atoms with Gasteiger partial charge in [0.15, 0.2) is 5.82 Å². The highest BCUT2D eigenvalue weighted by Gasteiger charge is 2.42. The molecule has 2 rings (SSSR count). The number of rotatable bonds is 4. The van der Waals surface area contributed by atoms with Gasteiger partial charge >= 0.3 is 0 Å². The van der Waals surface area contributed by atoms with Crippen molar-refractivity contribution in [2.75, 3.05) is 7.11 Å². The Bertz CT molecular complexity index is 380. The molecule has 96 valence electrons. The van der Waals surface area contributed by atoms with Crippen LogP contribution in [0.4, 0.5) is 0 Å². The van der Waals surface area contributed by atoms with Crippen molar-refractivity contribution in [3.63, 3.8) is 0 Å². The maximum absolute atomic E-state index is 6.13. The van der Waals surface area contributed by atoms with Crippen LogP contribution in [0.5, 0.6) is 0 Å². The van der Waals surface area contributed by atoms with Crippen LogP contribution in [0.25, 0.3) is 0 Å². The highest BCUT2D eigenvalue weighted by atomic mass is 16.5. The lowest BCUT2D eigenvalue weighted by atomic mass is 9.85. The Kier molecular flexibility index (Phi) is 3.49. The quantitative estimate of drug-likeness (QED) is 0.860. The van der Waals surface area contributed by atoms with Gasteiger partial charge in [-0.15, -0.1) is 0 Å². The molecule has 0 saturated heterocycles. The molecular weight excluding hydrogens is 218 g/mol. The van der Waals surface area contributed by atoms with E-state index in [0.29, 0.717) is 18.1 Å². The first kappa shape index (κ1) is 12.5. The third kappa shape index (κ3) is 2.35. The normalized spacial score (nSPS) is 30.7. The molecule has 1 aromatic heterocycles. The van der Waals surface area contributed by atoms with Gasteiger partial charge in [-0.25, -0.2) is 0 Å². The smallest absolute Gasteiger partial charge is 0.234 e. The average molecular weight is 239 g/mol. The van der Waals surface area contributed by atoms with Gasteiger partial charge in [-0.2, -0.15) is 4.98 Å². The Hall–Kier alpha value is -0.940. The van der Waals surface area contributed by atoms with Crippen molar-refractivity contribution in [3.8, 4) is 0 Å². The highest BCUT2D eigenvalue weighted by molar-refractivity contribution is 5.11. The van der Waals surface area contributed by atoms with Gasteiger partial charge < -0.3 is 15.0 Å². The second kappa shape index (κ2) is 4.74. The first-order valence-corrected chi connectivity index (χ1v) is 6.17. The van der Waals surface area contributed by atoms with E-state index >= 15 is 0 Å². The Balaban J connectivity index is 2.12. The molecule has 17 heavy (non-hydrogen) atoms. The molecule has 2 N–H and O–H groups in total. The van der Waals surface area contributed by atoms with Crippen molar-refractivity contribution in [1.82, 2.24) is 10.1 Å².